The van der Waals surface area contributed by atoms with Crippen molar-refractivity contribution in [1.29, 1.82) is 0 Å². The SMILES string of the molecule is C(=C\c1cccnc1-c1ncccc1/C=C/c1ccccc1)/c1ccccc1. The first-order valence-corrected chi connectivity index (χ1v) is 9.27. The number of benzene rings is 2. The smallest absolute Gasteiger partial charge is 0.0964 e. The molecule has 0 aliphatic carbocycles. The summed E-state index contributed by atoms with van der Waals surface area (Å²) in [7, 11) is 0. The van der Waals surface area contributed by atoms with E-state index in [1.54, 1.807) is 0 Å². The van der Waals surface area contributed by atoms with Crippen LogP contribution < -0.4 is 0 Å². The molecule has 2 heteroatoms. The Kier molecular flexibility index (Phi) is 5.50. The Balaban J connectivity index is 1.71. The molecule has 0 aliphatic heterocycles. The van der Waals surface area contributed by atoms with Gasteiger partial charge < -0.3 is 0 Å². The molecule has 28 heavy (non-hydrogen) atoms. The summed E-state index contributed by atoms with van der Waals surface area (Å²) in [6.07, 6.45) is 12.0. The number of rotatable bonds is 5. The van der Waals surface area contributed by atoms with Crippen LogP contribution in [0.5, 0.6) is 0 Å². The van der Waals surface area contributed by atoms with Gasteiger partial charge in [0.1, 0.15) is 0 Å². The van der Waals surface area contributed by atoms with Crippen molar-refractivity contribution in [3.05, 3.63) is 120 Å². The van der Waals surface area contributed by atoms with Crippen LogP contribution in [-0.4, -0.2) is 9.97 Å². The molecule has 0 amide bonds. The maximum Gasteiger partial charge on any atom is 0.0964 e. The first kappa shape index (κ1) is 17.6. The van der Waals surface area contributed by atoms with Crippen LogP contribution in [-0.2, 0) is 0 Å². The second-order valence-corrected chi connectivity index (χ2v) is 6.37. The van der Waals surface area contributed by atoms with Gasteiger partial charge in [-0.3, -0.25) is 9.97 Å². The molecule has 0 spiro atoms. The lowest BCUT2D eigenvalue weighted by Gasteiger charge is -2.08. The molecule has 2 heterocycles. The summed E-state index contributed by atoms with van der Waals surface area (Å²) in [6.45, 7) is 0. The fraction of sp³-hybridized carbons (Fsp3) is 0. The van der Waals surface area contributed by atoms with E-state index in [1.807, 2.05) is 60.9 Å². The van der Waals surface area contributed by atoms with Gasteiger partial charge in [0.25, 0.3) is 0 Å². The molecule has 0 aliphatic rings. The second kappa shape index (κ2) is 8.74. The van der Waals surface area contributed by atoms with Gasteiger partial charge in [0.15, 0.2) is 0 Å². The molecule has 0 fully saturated rings. The van der Waals surface area contributed by atoms with Gasteiger partial charge in [-0.25, -0.2) is 0 Å². The normalized spacial score (nSPS) is 11.3. The quantitative estimate of drug-likeness (QED) is 0.407. The van der Waals surface area contributed by atoms with Crippen molar-refractivity contribution in [1.82, 2.24) is 9.97 Å². The summed E-state index contributed by atoms with van der Waals surface area (Å²) in [5.41, 5.74) is 6.15. The molecule has 2 aromatic heterocycles. The predicted molar refractivity (Wildman–Crippen MR) is 118 cm³/mol. The van der Waals surface area contributed by atoms with E-state index >= 15 is 0 Å². The van der Waals surface area contributed by atoms with Gasteiger partial charge in [0, 0.05) is 23.5 Å². The van der Waals surface area contributed by atoms with E-state index in [0.29, 0.717) is 0 Å². The van der Waals surface area contributed by atoms with Crippen molar-refractivity contribution in [3.8, 4) is 11.4 Å². The lowest BCUT2D eigenvalue weighted by Crippen LogP contribution is -1.93. The molecule has 0 radical (unpaired) electrons. The van der Waals surface area contributed by atoms with E-state index in [9.17, 15) is 0 Å². The molecule has 0 unspecified atom stereocenters. The van der Waals surface area contributed by atoms with Crippen molar-refractivity contribution in [2.75, 3.05) is 0 Å². The molecule has 0 N–H and O–H groups in total. The Morgan fingerprint density at radius 3 is 1.29 bits per heavy atom. The topological polar surface area (TPSA) is 25.8 Å². The molecule has 2 aromatic carbocycles. The molecule has 0 atom stereocenters. The van der Waals surface area contributed by atoms with Gasteiger partial charge in [-0.2, -0.15) is 0 Å². The molecule has 0 bridgehead atoms. The molecule has 0 saturated heterocycles. The second-order valence-electron chi connectivity index (χ2n) is 6.37. The maximum absolute atomic E-state index is 4.63. The largest absolute Gasteiger partial charge is 0.254 e. The van der Waals surface area contributed by atoms with E-state index in [0.717, 1.165) is 33.6 Å². The van der Waals surface area contributed by atoms with Crippen LogP contribution in [0.2, 0.25) is 0 Å². The van der Waals surface area contributed by atoms with Crippen molar-refractivity contribution in [2.24, 2.45) is 0 Å². The van der Waals surface area contributed by atoms with E-state index in [4.69, 9.17) is 0 Å². The highest BCUT2D eigenvalue weighted by Crippen LogP contribution is 2.26. The highest BCUT2D eigenvalue weighted by atomic mass is 14.8. The van der Waals surface area contributed by atoms with E-state index in [1.165, 1.54) is 0 Å². The third-order valence-corrected chi connectivity index (χ3v) is 4.41. The fourth-order valence-electron chi connectivity index (χ4n) is 3.00. The van der Waals surface area contributed by atoms with Crippen LogP contribution in [0, 0.1) is 0 Å². The highest BCUT2D eigenvalue weighted by molar-refractivity contribution is 5.83. The number of pyridine rings is 2. The lowest BCUT2D eigenvalue weighted by molar-refractivity contribution is 1.23. The van der Waals surface area contributed by atoms with E-state index in [-0.39, 0.29) is 0 Å². The summed E-state index contributed by atoms with van der Waals surface area (Å²) in [5.74, 6) is 0. The van der Waals surface area contributed by atoms with Crippen LogP contribution in [0.1, 0.15) is 22.3 Å². The van der Waals surface area contributed by atoms with Crippen LogP contribution in [0.25, 0.3) is 35.7 Å². The number of hydrogen-bond acceptors (Lipinski definition) is 2. The minimum atomic E-state index is 0.878. The summed E-state index contributed by atoms with van der Waals surface area (Å²) >= 11 is 0. The first-order chi connectivity index (χ1) is 13.9. The molecular formula is C26H20N2. The van der Waals surface area contributed by atoms with Gasteiger partial charge >= 0.3 is 0 Å². The number of hydrogen-bond donors (Lipinski definition) is 0. The fourth-order valence-corrected chi connectivity index (χ4v) is 3.00. The first-order valence-electron chi connectivity index (χ1n) is 9.27. The van der Waals surface area contributed by atoms with Gasteiger partial charge in [-0.05, 0) is 23.3 Å². The van der Waals surface area contributed by atoms with Crippen molar-refractivity contribution in [2.45, 2.75) is 0 Å². The van der Waals surface area contributed by atoms with Gasteiger partial charge in [0.05, 0.1) is 11.4 Å². The lowest BCUT2D eigenvalue weighted by atomic mass is 10.0. The van der Waals surface area contributed by atoms with Crippen molar-refractivity contribution < 1.29 is 0 Å². The minimum Gasteiger partial charge on any atom is -0.254 e. The average Bonchev–Trinajstić information content (AvgIpc) is 2.78. The van der Waals surface area contributed by atoms with Crippen LogP contribution >= 0.6 is 0 Å². The molecule has 2 nitrogen and oxygen atoms in total. The minimum absolute atomic E-state index is 0.878. The molecule has 4 rings (SSSR count). The van der Waals surface area contributed by atoms with Crippen LogP contribution in [0.4, 0.5) is 0 Å². The Hall–Kier alpha value is -3.78. The molecular weight excluding hydrogens is 340 g/mol. The Morgan fingerprint density at radius 1 is 0.429 bits per heavy atom. The molecule has 4 aromatic rings. The summed E-state index contributed by atoms with van der Waals surface area (Å²) in [5, 5.41) is 0. The zero-order chi connectivity index (χ0) is 19.0. The van der Waals surface area contributed by atoms with Crippen molar-refractivity contribution >= 4 is 24.3 Å². The van der Waals surface area contributed by atoms with Gasteiger partial charge in [0.2, 0.25) is 0 Å². The van der Waals surface area contributed by atoms with Gasteiger partial charge in [-0.15, -0.1) is 0 Å². The van der Waals surface area contributed by atoms with E-state index < -0.39 is 0 Å². The number of aromatic nitrogens is 2. The van der Waals surface area contributed by atoms with Crippen molar-refractivity contribution in [3.63, 3.8) is 0 Å². The summed E-state index contributed by atoms with van der Waals surface area (Å²) in [6, 6.07) is 28.6. The predicted octanol–water partition coefficient (Wildman–Crippen LogP) is 6.48. The average molecular weight is 360 g/mol. The van der Waals surface area contributed by atoms with E-state index in [2.05, 4.69) is 70.7 Å². The Morgan fingerprint density at radius 2 is 0.857 bits per heavy atom. The monoisotopic (exact) mass is 360 g/mol. The Bertz CT molecular complexity index is 1010. The highest BCUT2D eigenvalue weighted by Gasteiger charge is 2.09. The van der Waals surface area contributed by atoms with Crippen LogP contribution in [0.15, 0.2) is 97.3 Å². The third kappa shape index (κ3) is 4.30. The molecule has 134 valence electrons. The van der Waals surface area contributed by atoms with Crippen LogP contribution in [0.3, 0.4) is 0 Å². The zero-order valence-electron chi connectivity index (χ0n) is 15.4. The molecule has 0 saturated carbocycles. The Labute approximate surface area is 165 Å². The standard InChI is InChI=1S/C26H20N2/c1-3-9-21(10-4-1)15-17-23-13-7-19-27-25(23)26-24(14-8-20-28-26)18-16-22-11-5-2-6-12-22/h1-20H/b17-15+,18-16+. The van der Waals surface area contributed by atoms with Gasteiger partial charge in [-0.1, -0.05) is 97.1 Å². The number of nitrogens with zero attached hydrogens (tertiary/aromatic N) is 2. The summed E-state index contributed by atoms with van der Waals surface area (Å²) in [4.78, 5) is 9.26. The summed E-state index contributed by atoms with van der Waals surface area (Å²) < 4.78 is 0. The maximum atomic E-state index is 4.63. The third-order valence-electron chi connectivity index (χ3n) is 4.41. The zero-order valence-corrected chi connectivity index (χ0v) is 15.4.